The van der Waals surface area contributed by atoms with Crippen molar-refractivity contribution in [3.63, 3.8) is 0 Å². The summed E-state index contributed by atoms with van der Waals surface area (Å²) in [4.78, 5) is 15.4. The third-order valence-corrected chi connectivity index (χ3v) is 9.51. The molecule has 9 rings (SSSR count). The molecule has 3 heterocycles. The van der Waals surface area contributed by atoms with Crippen LogP contribution in [0.25, 0.3) is 33.9 Å². The summed E-state index contributed by atoms with van der Waals surface area (Å²) in [5, 5.41) is 0. The van der Waals surface area contributed by atoms with Gasteiger partial charge in [0.15, 0.2) is 0 Å². The molecule has 0 amide bonds. The molecule has 0 aliphatic carbocycles. The van der Waals surface area contributed by atoms with Gasteiger partial charge in [0.2, 0.25) is 11.9 Å². The third-order valence-electron chi connectivity index (χ3n) is 9.51. The van der Waals surface area contributed by atoms with E-state index in [0.717, 1.165) is 68.5 Å². The second-order valence-electron chi connectivity index (χ2n) is 13.1. The highest BCUT2D eigenvalue weighted by Gasteiger charge is 2.26. The van der Waals surface area contributed by atoms with Gasteiger partial charge in [-0.1, -0.05) is 96.6 Å². The zero-order valence-corrected chi connectivity index (χ0v) is 28.8. The summed E-state index contributed by atoms with van der Waals surface area (Å²) in [5.74, 6) is 1.60. The van der Waals surface area contributed by atoms with Crippen molar-refractivity contribution in [1.29, 1.82) is 0 Å². The van der Waals surface area contributed by atoms with Crippen LogP contribution < -0.4 is 9.80 Å². The lowest BCUT2D eigenvalue weighted by Gasteiger charge is -2.26. The van der Waals surface area contributed by atoms with Gasteiger partial charge in [-0.25, -0.2) is 9.97 Å². The van der Waals surface area contributed by atoms with Crippen LogP contribution in [-0.2, 0) is 0 Å². The Balaban J connectivity index is 1.38. The van der Waals surface area contributed by atoms with Crippen molar-refractivity contribution >= 4 is 34.6 Å². The number of aromatic nitrogens is 4. The molecule has 6 aromatic carbocycles. The van der Waals surface area contributed by atoms with Crippen LogP contribution in [0.3, 0.4) is 0 Å². The standard InChI is InChI=1S/C45H36N6/c1-31-25-32(2)43(33(3)26-31)49-30-42-35-16-14-23-39(28-35)50(37-19-9-5-10-20-37)44-46-41(29-48(44)36-17-7-4-8-18-36)34-15-13-24-40(27-34)51(45(49)47-42)38-21-11-6-12-22-38/h4-30H,1-3H3. The number of hydrogen-bond donors (Lipinski definition) is 0. The van der Waals surface area contributed by atoms with E-state index in [9.17, 15) is 0 Å². The van der Waals surface area contributed by atoms with Crippen LogP contribution >= 0.6 is 0 Å². The number of hydrogen-bond acceptors (Lipinski definition) is 4. The molecule has 6 nitrogen and oxygen atoms in total. The number of nitrogens with zero attached hydrogens (tertiary/aromatic N) is 6. The van der Waals surface area contributed by atoms with E-state index in [4.69, 9.17) is 9.97 Å². The predicted octanol–water partition coefficient (Wildman–Crippen LogP) is 11.6. The summed E-state index contributed by atoms with van der Waals surface area (Å²) in [6.45, 7) is 6.53. The average molecular weight is 661 g/mol. The Morgan fingerprint density at radius 2 is 0.804 bits per heavy atom. The van der Waals surface area contributed by atoms with Crippen LogP contribution in [0.15, 0.2) is 164 Å². The van der Waals surface area contributed by atoms with Gasteiger partial charge in [0, 0.05) is 52.0 Å². The number of anilines is 6. The van der Waals surface area contributed by atoms with Gasteiger partial charge in [0.05, 0.1) is 17.1 Å². The number of fused-ring (bicyclic) bond motifs is 10. The Morgan fingerprint density at radius 3 is 1.29 bits per heavy atom. The average Bonchev–Trinajstić information content (AvgIpc) is 3.79. The molecule has 246 valence electrons. The van der Waals surface area contributed by atoms with Gasteiger partial charge in [-0.05, 0) is 92.6 Å². The second-order valence-corrected chi connectivity index (χ2v) is 13.1. The molecule has 0 saturated carbocycles. The van der Waals surface area contributed by atoms with Gasteiger partial charge >= 0.3 is 0 Å². The molecule has 1 aliphatic heterocycles. The molecule has 1 aliphatic rings. The van der Waals surface area contributed by atoms with Crippen LogP contribution in [0.2, 0.25) is 0 Å². The van der Waals surface area contributed by atoms with Crippen LogP contribution in [0.5, 0.6) is 0 Å². The third kappa shape index (κ3) is 5.38. The maximum Gasteiger partial charge on any atom is 0.220 e. The van der Waals surface area contributed by atoms with Gasteiger partial charge in [0.1, 0.15) is 0 Å². The van der Waals surface area contributed by atoms with E-state index in [0.29, 0.717) is 0 Å². The smallest absolute Gasteiger partial charge is 0.220 e. The zero-order valence-electron chi connectivity index (χ0n) is 28.8. The number of para-hydroxylation sites is 3. The molecule has 0 N–H and O–H groups in total. The number of aryl methyl sites for hydroxylation is 3. The van der Waals surface area contributed by atoms with Crippen LogP contribution in [0.4, 0.5) is 34.6 Å². The van der Waals surface area contributed by atoms with E-state index >= 15 is 0 Å². The Kier molecular flexibility index (Phi) is 7.36. The number of rotatable bonds is 4. The number of benzene rings is 6. The summed E-state index contributed by atoms with van der Waals surface area (Å²) in [5.41, 5.74) is 13.5. The molecule has 0 fully saturated rings. The lowest BCUT2D eigenvalue weighted by molar-refractivity contribution is 0.986. The Morgan fingerprint density at radius 1 is 0.392 bits per heavy atom. The van der Waals surface area contributed by atoms with Crippen LogP contribution in [0, 0.1) is 20.8 Å². The summed E-state index contributed by atoms with van der Waals surface area (Å²) >= 11 is 0. The first-order valence-corrected chi connectivity index (χ1v) is 17.3. The van der Waals surface area contributed by atoms with E-state index in [2.05, 4.69) is 192 Å². The van der Waals surface area contributed by atoms with Crippen molar-refractivity contribution in [2.45, 2.75) is 20.8 Å². The fraction of sp³-hybridized carbons (Fsp3) is 0.0667. The molecule has 8 bridgehead atoms. The second kappa shape index (κ2) is 12.3. The van der Waals surface area contributed by atoms with Crippen LogP contribution in [0.1, 0.15) is 16.7 Å². The van der Waals surface area contributed by atoms with E-state index in [1.165, 1.54) is 16.7 Å². The first kappa shape index (κ1) is 30.4. The van der Waals surface area contributed by atoms with E-state index in [-0.39, 0.29) is 0 Å². The molecule has 0 radical (unpaired) electrons. The van der Waals surface area contributed by atoms with E-state index in [1.54, 1.807) is 0 Å². The Hall–Kier alpha value is -6.66. The molecule has 0 spiro atoms. The minimum Gasteiger partial charge on any atom is -0.285 e. The van der Waals surface area contributed by atoms with Crippen LogP contribution in [-0.4, -0.2) is 19.1 Å². The molecule has 0 unspecified atom stereocenters. The van der Waals surface area contributed by atoms with Gasteiger partial charge in [-0.2, -0.15) is 0 Å². The molecule has 8 aromatic rings. The topological polar surface area (TPSA) is 42.1 Å². The molecule has 2 aromatic heterocycles. The fourth-order valence-electron chi connectivity index (χ4n) is 7.35. The van der Waals surface area contributed by atoms with Crippen molar-refractivity contribution in [3.05, 3.63) is 181 Å². The predicted molar refractivity (Wildman–Crippen MR) is 209 cm³/mol. The Bertz CT molecular complexity index is 2490. The van der Waals surface area contributed by atoms with Crippen molar-refractivity contribution in [2.24, 2.45) is 0 Å². The quantitative estimate of drug-likeness (QED) is 0.188. The molecular weight excluding hydrogens is 625 g/mol. The van der Waals surface area contributed by atoms with Crippen molar-refractivity contribution < 1.29 is 0 Å². The molecular formula is C45H36N6. The van der Waals surface area contributed by atoms with Crippen molar-refractivity contribution in [1.82, 2.24) is 19.1 Å². The minimum absolute atomic E-state index is 0.791. The number of imidazole rings is 2. The minimum atomic E-state index is 0.791. The monoisotopic (exact) mass is 660 g/mol. The molecule has 0 saturated heterocycles. The first-order chi connectivity index (χ1) is 25.0. The van der Waals surface area contributed by atoms with Gasteiger partial charge in [-0.3, -0.25) is 18.9 Å². The summed E-state index contributed by atoms with van der Waals surface area (Å²) < 4.78 is 4.45. The maximum atomic E-state index is 5.49. The van der Waals surface area contributed by atoms with E-state index in [1.807, 2.05) is 12.1 Å². The maximum absolute atomic E-state index is 5.49. The van der Waals surface area contributed by atoms with E-state index < -0.39 is 0 Å². The SMILES string of the molecule is Cc1cc(C)c(-n2cc3nc2N(c2ccccc2)c2cccc(c2)-c2cn(-c4ccccc4)c(n2)N(c2ccccc2)c2cccc-3c2)c(C)c1. The lowest BCUT2D eigenvalue weighted by atomic mass is 10.0. The highest BCUT2D eigenvalue weighted by molar-refractivity contribution is 5.83. The summed E-state index contributed by atoms with van der Waals surface area (Å²) in [7, 11) is 0. The first-order valence-electron chi connectivity index (χ1n) is 17.3. The fourth-order valence-corrected chi connectivity index (χ4v) is 7.35. The van der Waals surface area contributed by atoms with Gasteiger partial charge < -0.3 is 0 Å². The van der Waals surface area contributed by atoms with Crippen molar-refractivity contribution in [2.75, 3.05) is 9.80 Å². The summed E-state index contributed by atoms with van der Waals surface area (Å²) in [6, 6.07) is 53.1. The highest BCUT2D eigenvalue weighted by Crippen LogP contribution is 2.43. The highest BCUT2D eigenvalue weighted by atomic mass is 15.3. The zero-order chi connectivity index (χ0) is 34.5. The van der Waals surface area contributed by atoms with Crippen molar-refractivity contribution in [3.8, 4) is 33.9 Å². The molecule has 6 heteroatoms. The van der Waals surface area contributed by atoms with Gasteiger partial charge in [-0.15, -0.1) is 0 Å². The molecule has 51 heavy (non-hydrogen) atoms. The summed E-state index contributed by atoms with van der Waals surface area (Å²) in [6.07, 6.45) is 4.33. The molecule has 0 atom stereocenters. The normalized spacial score (nSPS) is 12.1. The van der Waals surface area contributed by atoms with Gasteiger partial charge in [0.25, 0.3) is 0 Å². The largest absolute Gasteiger partial charge is 0.285 e. The lowest BCUT2D eigenvalue weighted by Crippen LogP contribution is -2.16. The Labute approximate surface area is 298 Å².